The summed E-state index contributed by atoms with van der Waals surface area (Å²) in [6.07, 6.45) is 0. The lowest BCUT2D eigenvalue weighted by atomic mass is 10.0. The van der Waals surface area contributed by atoms with Crippen LogP contribution < -0.4 is 0 Å². The summed E-state index contributed by atoms with van der Waals surface area (Å²) in [6, 6.07) is 6.79. The molecule has 0 fully saturated rings. The summed E-state index contributed by atoms with van der Waals surface area (Å²) in [4.78, 5) is -0.720. The van der Waals surface area contributed by atoms with Crippen molar-refractivity contribution in [2.45, 2.75) is 18.7 Å². The average Bonchev–Trinajstić information content (AvgIpc) is 2.36. The summed E-state index contributed by atoms with van der Waals surface area (Å²) in [7, 11) is 0. The van der Waals surface area contributed by atoms with E-state index in [9.17, 15) is 13.2 Å². The van der Waals surface area contributed by atoms with Gasteiger partial charge in [0.1, 0.15) is 17.5 Å². The highest BCUT2D eigenvalue weighted by molar-refractivity contribution is 9.09. The zero-order chi connectivity index (χ0) is 14.2. The van der Waals surface area contributed by atoms with Gasteiger partial charge in [-0.25, -0.2) is 13.2 Å². The molecule has 0 saturated carbocycles. The zero-order valence-corrected chi connectivity index (χ0v) is 12.1. The minimum atomic E-state index is -0.720. The third-order valence-corrected chi connectivity index (χ3v) is 3.96. The van der Waals surface area contributed by atoms with Gasteiger partial charge < -0.3 is 0 Å². The van der Waals surface area contributed by atoms with Crippen molar-refractivity contribution in [1.29, 1.82) is 0 Å². The first kappa shape index (κ1) is 14.1. The van der Waals surface area contributed by atoms with E-state index in [1.807, 2.05) is 6.92 Å². The maximum Gasteiger partial charge on any atom is 0.128 e. The Bertz CT molecular complexity index is 623. The van der Waals surface area contributed by atoms with Crippen LogP contribution in [0.4, 0.5) is 13.2 Å². The number of hydrogen-bond acceptors (Lipinski definition) is 0. The molecule has 19 heavy (non-hydrogen) atoms. The van der Waals surface area contributed by atoms with Crippen molar-refractivity contribution in [2.75, 3.05) is 0 Å². The smallest absolute Gasteiger partial charge is 0.128 e. The Morgan fingerprint density at radius 2 is 1.47 bits per heavy atom. The molecular weight excluding hydrogens is 317 g/mol. The Morgan fingerprint density at radius 1 is 0.842 bits per heavy atom. The largest absolute Gasteiger partial charge is 0.207 e. The van der Waals surface area contributed by atoms with Crippen molar-refractivity contribution in [3.63, 3.8) is 0 Å². The van der Waals surface area contributed by atoms with Crippen LogP contribution in [0.3, 0.4) is 0 Å². The molecule has 0 aromatic heterocycles. The van der Waals surface area contributed by atoms with E-state index in [1.165, 1.54) is 13.0 Å². The van der Waals surface area contributed by atoms with Gasteiger partial charge in [0.25, 0.3) is 0 Å². The Hall–Kier alpha value is -1.29. The third kappa shape index (κ3) is 2.84. The molecule has 100 valence electrons. The summed E-state index contributed by atoms with van der Waals surface area (Å²) >= 11 is 3.24. The number of benzene rings is 2. The SMILES string of the molecule is Cc1ccc(F)c(C(Br)c2cc(F)c(C)cc2F)c1. The number of halogens is 4. The van der Waals surface area contributed by atoms with Crippen molar-refractivity contribution in [2.24, 2.45) is 0 Å². The van der Waals surface area contributed by atoms with Gasteiger partial charge in [0, 0.05) is 11.1 Å². The van der Waals surface area contributed by atoms with Crippen molar-refractivity contribution in [3.05, 3.63) is 70.0 Å². The summed E-state index contributed by atoms with van der Waals surface area (Å²) < 4.78 is 41.2. The second-order valence-electron chi connectivity index (χ2n) is 4.51. The molecule has 0 nitrogen and oxygen atoms in total. The number of rotatable bonds is 2. The van der Waals surface area contributed by atoms with Crippen LogP contribution in [0.25, 0.3) is 0 Å². The monoisotopic (exact) mass is 328 g/mol. The van der Waals surface area contributed by atoms with Gasteiger partial charge in [-0.3, -0.25) is 0 Å². The minimum Gasteiger partial charge on any atom is -0.207 e. The van der Waals surface area contributed by atoms with Crippen molar-refractivity contribution < 1.29 is 13.2 Å². The summed E-state index contributed by atoms with van der Waals surface area (Å²) in [5, 5.41) is 0. The third-order valence-electron chi connectivity index (χ3n) is 2.98. The second kappa shape index (κ2) is 5.37. The normalized spacial score (nSPS) is 12.5. The first-order valence-corrected chi connectivity index (χ1v) is 6.67. The predicted octanol–water partition coefficient (Wildman–Crippen LogP) is 5.21. The highest BCUT2D eigenvalue weighted by Gasteiger charge is 2.20. The fourth-order valence-electron chi connectivity index (χ4n) is 1.88. The highest BCUT2D eigenvalue weighted by Crippen LogP contribution is 2.35. The van der Waals surface area contributed by atoms with Crippen molar-refractivity contribution >= 4 is 15.9 Å². The lowest BCUT2D eigenvalue weighted by Gasteiger charge is -2.14. The van der Waals surface area contributed by atoms with Gasteiger partial charge in [0.15, 0.2) is 0 Å². The van der Waals surface area contributed by atoms with Crippen LogP contribution in [0.5, 0.6) is 0 Å². The molecule has 4 heteroatoms. The standard InChI is InChI=1S/C15H12BrF3/c1-8-3-4-12(17)10(5-8)15(16)11-7-13(18)9(2)6-14(11)19/h3-7,15H,1-2H3. The van der Waals surface area contributed by atoms with Crippen LogP contribution in [0.2, 0.25) is 0 Å². The Morgan fingerprint density at radius 3 is 2.16 bits per heavy atom. The molecule has 2 aromatic rings. The van der Waals surface area contributed by atoms with Crippen LogP contribution in [0.15, 0.2) is 30.3 Å². The lowest BCUT2D eigenvalue weighted by Crippen LogP contribution is -2.02. The van der Waals surface area contributed by atoms with Gasteiger partial charge in [-0.15, -0.1) is 0 Å². The molecule has 1 unspecified atom stereocenters. The topological polar surface area (TPSA) is 0 Å². The van der Waals surface area contributed by atoms with E-state index in [4.69, 9.17) is 0 Å². The molecule has 0 aliphatic heterocycles. The fraction of sp³-hybridized carbons (Fsp3) is 0.200. The molecule has 0 aliphatic rings. The summed E-state index contributed by atoms with van der Waals surface area (Å²) in [5.74, 6) is -1.51. The molecule has 0 bridgehead atoms. The molecule has 0 N–H and O–H groups in total. The molecule has 0 amide bonds. The van der Waals surface area contributed by atoms with Crippen LogP contribution in [-0.2, 0) is 0 Å². The van der Waals surface area contributed by atoms with Gasteiger partial charge in [0.05, 0.1) is 4.83 Å². The minimum absolute atomic E-state index is 0.0904. The van der Waals surface area contributed by atoms with E-state index in [0.717, 1.165) is 17.7 Å². The molecule has 0 heterocycles. The lowest BCUT2D eigenvalue weighted by molar-refractivity contribution is 0.576. The predicted molar refractivity (Wildman–Crippen MR) is 73.0 cm³/mol. The Labute approximate surface area is 118 Å². The first-order chi connectivity index (χ1) is 8.90. The van der Waals surface area contributed by atoms with E-state index in [-0.39, 0.29) is 11.1 Å². The maximum absolute atomic E-state index is 13.9. The number of aryl methyl sites for hydroxylation is 2. The molecular formula is C15H12BrF3. The van der Waals surface area contributed by atoms with E-state index >= 15 is 0 Å². The number of hydrogen-bond donors (Lipinski definition) is 0. The molecule has 0 spiro atoms. The van der Waals surface area contributed by atoms with Crippen molar-refractivity contribution in [3.8, 4) is 0 Å². The molecule has 1 atom stereocenters. The number of alkyl halides is 1. The van der Waals surface area contributed by atoms with E-state index in [1.54, 1.807) is 12.1 Å². The van der Waals surface area contributed by atoms with Crippen LogP contribution in [0.1, 0.15) is 27.1 Å². The molecule has 0 saturated heterocycles. The molecule has 2 aromatic carbocycles. The fourth-order valence-corrected chi connectivity index (χ4v) is 2.58. The van der Waals surface area contributed by atoms with Crippen molar-refractivity contribution in [1.82, 2.24) is 0 Å². The average molecular weight is 329 g/mol. The molecule has 0 aliphatic carbocycles. The van der Waals surface area contributed by atoms with Gasteiger partial charge in [-0.05, 0) is 37.6 Å². The van der Waals surface area contributed by atoms with Crippen LogP contribution in [0, 0.1) is 31.3 Å². The van der Waals surface area contributed by atoms with Crippen LogP contribution >= 0.6 is 15.9 Å². The van der Waals surface area contributed by atoms with Gasteiger partial charge >= 0.3 is 0 Å². The summed E-state index contributed by atoms with van der Waals surface area (Å²) in [6.45, 7) is 3.30. The van der Waals surface area contributed by atoms with E-state index in [0.29, 0.717) is 5.56 Å². The molecule has 0 radical (unpaired) electrons. The maximum atomic E-state index is 13.9. The summed E-state index contributed by atoms with van der Waals surface area (Å²) in [5.41, 5.74) is 1.47. The van der Waals surface area contributed by atoms with Gasteiger partial charge in [-0.2, -0.15) is 0 Å². The Balaban J connectivity index is 2.52. The van der Waals surface area contributed by atoms with E-state index < -0.39 is 22.3 Å². The first-order valence-electron chi connectivity index (χ1n) is 5.76. The van der Waals surface area contributed by atoms with Crippen LogP contribution in [-0.4, -0.2) is 0 Å². The second-order valence-corrected chi connectivity index (χ2v) is 5.43. The quantitative estimate of drug-likeness (QED) is 0.664. The molecule has 2 rings (SSSR count). The Kier molecular flexibility index (Phi) is 3.99. The zero-order valence-electron chi connectivity index (χ0n) is 10.5. The van der Waals surface area contributed by atoms with Gasteiger partial charge in [0.2, 0.25) is 0 Å². The highest BCUT2D eigenvalue weighted by atomic mass is 79.9. The van der Waals surface area contributed by atoms with E-state index in [2.05, 4.69) is 15.9 Å². The van der Waals surface area contributed by atoms with Gasteiger partial charge in [-0.1, -0.05) is 33.6 Å².